The Labute approximate surface area is 157 Å². The van der Waals surface area contributed by atoms with E-state index < -0.39 is 0 Å². The van der Waals surface area contributed by atoms with Crippen LogP contribution in [0, 0.1) is 0 Å². The third-order valence-corrected chi connectivity index (χ3v) is 4.43. The predicted octanol–water partition coefficient (Wildman–Crippen LogP) is 4.00. The highest BCUT2D eigenvalue weighted by Crippen LogP contribution is 2.22. The fraction of sp³-hybridized carbons (Fsp3) is 0.182. The molecule has 3 rings (SSSR count). The molecule has 0 amide bonds. The number of aryl methyl sites for hydroxylation is 1. The van der Waals surface area contributed by atoms with Gasteiger partial charge in [0, 0.05) is 16.5 Å². The number of H-pyrrole nitrogens is 1. The highest BCUT2D eigenvalue weighted by Gasteiger charge is 2.10. The molecule has 5 nitrogen and oxygen atoms in total. The summed E-state index contributed by atoms with van der Waals surface area (Å²) in [6, 6.07) is 12.6. The molecule has 1 N–H and O–H groups in total. The third-order valence-electron chi connectivity index (χ3n) is 4.43. The molecule has 5 heteroatoms. The molecule has 3 aromatic rings. The van der Waals surface area contributed by atoms with Crippen molar-refractivity contribution in [2.45, 2.75) is 13.3 Å². The molecule has 0 atom stereocenters. The summed E-state index contributed by atoms with van der Waals surface area (Å²) in [5.74, 6) is 1.00. The lowest BCUT2D eigenvalue weighted by Crippen LogP contribution is -2.09. The molecule has 0 aliphatic carbocycles. The van der Waals surface area contributed by atoms with Crippen molar-refractivity contribution in [2.75, 3.05) is 14.2 Å². The van der Waals surface area contributed by atoms with Gasteiger partial charge in [-0.1, -0.05) is 13.0 Å². The van der Waals surface area contributed by atoms with Gasteiger partial charge in [0.15, 0.2) is 5.78 Å². The fourth-order valence-corrected chi connectivity index (χ4v) is 2.87. The van der Waals surface area contributed by atoms with Gasteiger partial charge < -0.3 is 14.5 Å². The third kappa shape index (κ3) is 3.92. The number of aromatic amines is 1. The maximum absolute atomic E-state index is 12.6. The molecule has 0 spiro atoms. The van der Waals surface area contributed by atoms with E-state index in [-0.39, 0.29) is 11.3 Å². The number of hydrogen-bond donors (Lipinski definition) is 1. The van der Waals surface area contributed by atoms with E-state index in [2.05, 4.69) is 4.98 Å². The predicted molar refractivity (Wildman–Crippen MR) is 107 cm³/mol. The van der Waals surface area contributed by atoms with Crippen LogP contribution in [0.1, 0.15) is 28.4 Å². The Kier molecular flexibility index (Phi) is 5.41. The molecule has 0 bridgehead atoms. The van der Waals surface area contributed by atoms with Crippen LogP contribution in [-0.4, -0.2) is 25.0 Å². The highest BCUT2D eigenvalue weighted by molar-refractivity contribution is 6.08. The Balaban J connectivity index is 1.94. The standard InChI is InChI=1S/C22H21NO4/c1-4-14-5-8-18(21(11-14)27-3)20(24)10-6-15-12-16-13-17(26-2)7-9-19(16)23-22(15)25/h5-13H,4H2,1-3H3,(H,23,25)/b10-6+. The number of nitrogens with one attached hydrogen (secondary N) is 1. The van der Waals surface area contributed by atoms with Gasteiger partial charge >= 0.3 is 0 Å². The Morgan fingerprint density at radius 2 is 1.89 bits per heavy atom. The molecule has 0 aliphatic heterocycles. The second-order valence-electron chi connectivity index (χ2n) is 6.09. The Hall–Kier alpha value is -3.34. The smallest absolute Gasteiger partial charge is 0.255 e. The molecular weight excluding hydrogens is 342 g/mol. The van der Waals surface area contributed by atoms with Gasteiger partial charge in [-0.2, -0.15) is 0 Å². The monoisotopic (exact) mass is 363 g/mol. The summed E-state index contributed by atoms with van der Waals surface area (Å²) in [7, 11) is 3.13. The summed E-state index contributed by atoms with van der Waals surface area (Å²) in [4.78, 5) is 27.7. The van der Waals surface area contributed by atoms with Crippen LogP contribution in [0.4, 0.5) is 0 Å². The number of pyridine rings is 1. The van der Waals surface area contributed by atoms with Gasteiger partial charge in [-0.3, -0.25) is 9.59 Å². The van der Waals surface area contributed by atoms with Crippen LogP contribution in [0.25, 0.3) is 17.0 Å². The minimum atomic E-state index is -0.259. The molecule has 138 valence electrons. The highest BCUT2D eigenvalue weighted by atomic mass is 16.5. The molecule has 0 unspecified atom stereocenters. The first-order chi connectivity index (χ1) is 13.0. The average molecular weight is 363 g/mol. The van der Waals surface area contributed by atoms with Crippen LogP contribution in [-0.2, 0) is 6.42 Å². The van der Waals surface area contributed by atoms with Crippen molar-refractivity contribution in [1.82, 2.24) is 4.98 Å². The Bertz CT molecular complexity index is 1080. The topological polar surface area (TPSA) is 68.4 Å². The second-order valence-corrected chi connectivity index (χ2v) is 6.09. The van der Waals surface area contributed by atoms with Crippen LogP contribution in [0.5, 0.6) is 11.5 Å². The van der Waals surface area contributed by atoms with Gasteiger partial charge in [0.2, 0.25) is 0 Å². The molecule has 27 heavy (non-hydrogen) atoms. The number of ether oxygens (including phenoxy) is 2. The number of aromatic nitrogens is 1. The normalized spacial score (nSPS) is 11.1. The number of hydrogen-bond acceptors (Lipinski definition) is 4. The van der Waals surface area contributed by atoms with Crippen LogP contribution in [0.3, 0.4) is 0 Å². The number of carbonyl (C=O) groups is 1. The maximum atomic E-state index is 12.6. The molecule has 0 fully saturated rings. The fourth-order valence-electron chi connectivity index (χ4n) is 2.87. The van der Waals surface area contributed by atoms with E-state index in [0.717, 1.165) is 17.4 Å². The van der Waals surface area contributed by atoms with Gasteiger partial charge in [0.1, 0.15) is 11.5 Å². The molecule has 0 saturated heterocycles. The summed E-state index contributed by atoms with van der Waals surface area (Å²) in [5.41, 5.74) is 2.40. The first-order valence-electron chi connectivity index (χ1n) is 8.66. The lowest BCUT2D eigenvalue weighted by atomic mass is 10.0. The van der Waals surface area contributed by atoms with Crippen LogP contribution < -0.4 is 15.0 Å². The Morgan fingerprint density at radius 1 is 1.07 bits per heavy atom. The van der Waals surface area contributed by atoms with Crippen molar-refractivity contribution >= 4 is 22.8 Å². The number of fused-ring (bicyclic) bond motifs is 1. The summed E-state index contributed by atoms with van der Waals surface area (Å²) in [5, 5.41) is 0.825. The first-order valence-corrected chi connectivity index (χ1v) is 8.66. The zero-order valence-electron chi connectivity index (χ0n) is 15.5. The quantitative estimate of drug-likeness (QED) is 0.531. The number of rotatable bonds is 6. The van der Waals surface area contributed by atoms with Gasteiger partial charge in [-0.15, -0.1) is 0 Å². The van der Waals surface area contributed by atoms with Crippen molar-refractivity contribution in [3.05, 3.63) is 75.6 Å². The van der Waals surface area contributed by atoms with E-state index in [0.29, 0.717) is 28.1 Å². The van der Waals surface area contributed by atoms with Gasteiger partial charge in [0.25, 0.3) is 5.56 Å². The minimum absolute atomic E-state index is 0.223. The van der Waals surface area contributed by atoms with E-state index in [1.165, 1.54) is 19.3 Å². The largest absolute Gasteiger partial charge is 0.497 e. The SMILES string of the molecule is CCc1ccc(C(=O)/C=C/c2cc3cc(OC)ccc3[nH]c2=O)c(OC)c1. The number of carbonyl (C=O) groups excluding carboxylic acids is 1. The lowest BCUT2D eigenvalue weighted by Gasteiger charge is -2.07. The summed E-state index contributed by atoms with van der Waals surface area (Å²) in [6.07, 6.45) is 3.77. The average Bonchev–Trinajstić information content (AvgIpc) is 2.71. The molecule has 0 aliphatic rings. The number of allylic oxidation sites excluding steroid dienone is 1. The minimum Gasteiger partial charge on any atom is -0.497 e. The van der Waals surface area contributed by atoms with Crippen LogP contribution >= 0.6 is 0 Å². The van der Waals surface area contributed by atoms with Gasteiger partial charge in [-0.25, -0.2) is 0 Å². The van der Waals surface area contributed by atoms with E-state index in [9.17, 15) is 9.59 Å². The summed E-state index contributed by atoms with van der Waals surface area (Å²) >= 11 is 0. The number of methoxy groups -OCH3 is 2. The zero-order chi connectivity index (χ0) is 19.4. The van der Waals surface area contributed by atoms with Crippen molar-refractivity contribution in [3.8, 4) is 11.5 Å². The molecule has 0 saturated carbocycles. The first kappa shape index (κ1) is 18.5. The summed E-state index contributed by atoms with van der Waals surface area (Å²) < 4.78 is 10.5. The van der Waals surface area contributed by atoms with Crippen LogP contribution in [0.15, 0.2) is 53.3 Å². The van der Waals surface area contributed by atoms with Crippen molar-refractivity contribution < 1.29 is 14.3 Å². The summed E-state index contributed by atoms with van der Waals surface area (Å²) in [6.45, 7) is 2.04. The molecule has 1 heterocycles. The van der Waals surface area contributed by atoms with Crippen molar-refractivity contribution in [2.24, 2.45) is 0 Å². The number of benzene rings is 2. The maximum Gasteiger partial charge on any atom is 0.255 e. The second kappa shape index (κ2) is 7.91. The van der Waals surface area contributed by atoms with Gasteiger partial charge in [0.05, 0.1) is 19.8 Å². The lowest BCUT2D eigenvalue weighted by molar-refractivity contribution is 0.104. The molecule has 2 aromatic carbocycles. The molecular formula is C22H21NO4. The van der Waals surface area contributed by atoms with E-state index in [1.54, 1.807) is 31.4 Å². The van der Waals surface area contributed by atoms with Crippen molar-refractivity contribution in [1.29, 1.82) is 0 Å². The molecule has 1 aromatic heterocycles. The van der Waals surface area contributed by atoms with E-state index in [1.807, 2.05) is 25.1 Å². The van der Waals surface area contributed by atoms with Crippen molar-refractivity contribution in [3.63, 3.8) is 0 Å². The van der Waals surface area contributed by atoms with E-state index in [4.69, 9.17) is 9.47 Å². The number of ketones is 1. The van der Waals surface area contributed by atoms with Crippen LogP contribution in [0.2, 0.25) is 0 Å². The van der Waals surface area contributed by atoms with E-state index >= 15 is 0 Å². The molecule has 0 radical (unpaired) electrons. The van der Waals surface area contributed by atoms with Gasteiger partial charge in [-0.05, 0) is 60.5 Å². The Morgan fingerprint density at radius 3 is 2.59 bits per heavy atom. The zero-order valence-corrected chi connectivity index (χ0v) is 15.5.